The van der Waals surface area contributed by atoms with E-state index in [-0.39, 0.29) is 36.5 Å². The zero-order valence-corrected chi connectivity index (χ0v) is 19.0. The highest BCUT2D eigenvalue weighted by Crippen LogP contribution is 2.48. The minimum atomic E-state index is -5.41. The van der Waals surface area contributed by atoms with E-state index in [0.29, 0.717) is 5.56 Å². The molecular formula is C22H19ClF7NO4. The topological polar surface area (TPSA) is 72.6 Å². The Labute approximate surface area is 199 Å². The molecule has 0 amide bonds. The Hall–Kier alpha value is -2.60. The Morgan fingerprint density at radius 2 is 1.74 bits per heavy atom. The Morgan fingerprint density at radius 3 is 2.29 bits per heavy atom. The van der Waals surface area contributed by atoms with Gasteiger partial charge in [-0.2, -0.15) is 26.3 Å². The van der Waals surface area contributed by atoms with Gasteiger partial charge in [0.1, 0.15) is 11.6 Å². The van der Waals surface area contributed by atoms with Crippen LogP contribution in [0.25, 0.3) is 0 Å². The fourth-order valence-corrected chi connectivity index (χ4v) is 4.48. The van der Waals surface area contributed by atoms with Gasteiger partial charge in [-0.1, -0.05) is 25.4 Å². The molecule has 192 valence electrons. The molecule has 1 aliphatic rings. The zero-order chi connectivity index (χ0) is 26.6. The van der Waals surface area contributed by atoms with Crippen molar-refractivity contribution in [3.05, 3.63) is 67.5 Å². The third-order valence-corrected chi connectivity index (χ3v) is 6.16. The van der Waals surface area contributed by atoms with E-state index < -0.39 is 68.8 Å². The van der Waals surface area contributed by atoms with Gasteiger partial charge in [-0.15, -0.1) is 0 Å². The lowest BCUT2D eigenvalue weighted by atomic mass is 9.72. The van der Waals surface area contributed by atoms with E-state index in [1.54, 1.807) is 0 Å². The number of rotatable bonds is 6. The highest BCUT2D eigenvalue weighted by atomic mass is 35.5. The summed E-state index contributed by atoms with van der Waals surface area (Å²) in [6.07, 6.45) is -12.9. The molecule has 0 aliphatic carbocycles. The molecule has 0 aromatic heterocycles. The molecule has 0 bridgehead atoms. The third kappa shape index (κ3) is 5.32. The molecule has 0 spiro atoms. The van der Waals surface area contributed by atoms with Gasteiger partial charge >= 0.3 is 12.4 Å². The highest BCUT2D eigenvalue weighted by Gasteiger charge is 2.56. The van der Waals surface area contributed by atoms with E-state index in [4.69, 9.17) is 16.3 Å². The predicted molar refractivity (Wildman–Crippen MR) is 111 cm³/mol. The second-order valence-corrected chi connectivity index (χ2v) is 9.44. The summed E-state index contributed by atoms with van der Waals surface area (Å²) < 4.78 is 102. The monoisotopic (exact) mass is 529 g/mol. The van der Waals surface area contributed by atoms with Crippen molar-refractivity contribution in [2.45, 2.75) is 56.5 Å². The first-order valence-electron chi connectivity index (χ1n) is 10.1. The molecule has 0 radical (unpaired) electrons. The SMILES string of the molecule is CC(C)(CC(O)(Cc1cc(C(F)(F)F)cc(Cl)c1F)C(F)(F)F)c1cc([N+](=O)[O-])cc2c1OCC2. The number of aliphatic hydroxyl groups is 1. The number of ether oxygens (including phenoxy) is 1. The van der Waals surface area contributed by atoms with Crippen molar-refractivity contribution in [3.63, 3.8) is 0 Å². The standard InChI is InChI=1S/C22H19ClF7NO4/c1-19(2,15-8-14(31(33)34)6-11-3-4-35-18(11)15)10-20(32,22(28,29)30)9-12-5-13(21(25,26)27)7-16(23)17(12)24/h5-8,32H,3-4,9-10H2,1-2H3. The quantitative estimate of drug-likeness (QED) is 0.262. The highest BCUT2D eigenvalue weighted by molar-refractivity contribution is 6.30. The van der Waals surface area contributed by atoms with E-state index in [1.807, 2.05) is 0 Å². The summed E-state index contributed by atoms with van der Waals surface area (Å²) in [4.78, 5) is 10.6. The summed E-state index contributed by atoms with van der Waals surface area (Å²) in [5.41, 5.74) is -7.93. The van der Waals surface area contributed by atoms with Crippen molar-refractivity contribution in [1.29, 1.82) is 0 Å². The number of non-ortho nitro benzene ring substituents is 1. The molecule has 13 heteroatoms. The van der Waals surface area contributed by atoms with Crippen LogP contribution in [-0.4, -0.2) is 28.4 Å². The van der Waals surface area contributed by atoms with Gasteiger partial charge in [0, 0.05) is 36.1 Å². The molecule has 2 aromatic carbocycles. The molecule has 0 fully saturated rings. The Kier molecular flexibility index (Phi) is 6.79. The fourth-order valence-electron chi connectivity index (χ4n) is 4.24. The summed E-state index contributed by atoms with van der Waals surface area (Å²) in [5, 5.41) is 21.0. The number of nitro groups is 1. The van der Waals surface area contributed by atoms with Gasteiger partial charge < -0.3 is 9.84 Å². The number of hydrogen-bond acceptors (Lipinski definition) is 4. The maximum atomic E-state index is 14.5. The van der Waals surface area contributed by atoms with Gasteiger partial charge in [0.25, 0.3) is 5.69 Å². The van der Waals surface area contributed by atoms with Gasteiger partial charge in [-0.05, 0) is 29.5 Å². The molecular weight excluding hydrogens is 511 g/mol. The van der Waals surface area contributed by atoms with E-state index >= 15 is 0 Å². The summed E-state index contributed by atoms with van der Waals surface area (Å²) in [5.74, 6) is -1.39. The lowest BCUT2D eigenvalue weighted by Crippen LogP contribution is -2.51. The predicted octanol–water partition coefficient (Wildman–Crippen LogP) is 6.54. The maximum Gasteiger partial charge on any atom is 0.417 e. The second-order valence-electron chi connectivity index (χ2n) is 9.03. The lowest BCUT2D eigenvalue weighted by Gasteiger charge is -2.38. The molecule has 3 rings (SSSR count). The van der Waals surface area contributed by atoms with Crippen LogP contribution in [0.5, 0.6) is 5.75 Å². The molecule has 1 unspecified atom stereocenters. The second kappa shape index (κ2) is 8.81. The van der Waals surface area contributed by atoms with Gasteiger partial charge in [0.15, 0.2) is 5.60 Å². The van der Waals surface area contributed by atoms with Crippen molar-refractivity contribution < 1.29 is 45.5 Å². The molecule has 1 atom stereocenters. The molecule has 0 saturated carbocycles. The van der Waals surface area contributed by atoms with Gasteiger partial charge in [0.05, 0.1) is 22.1 Å². The van der Waals surface area contributed by atoms with Gasteiger partial charge in [-0.25, -0.2) is 4.39 Å². The first-order chi connectivity index (χ1) is 15.9. The third-order valence-electron chi connectivity index (χ3n) is 5.88. The van der Waals surface area contributed by atoms with Crippen LogP contribution < -0.4 is 4.74 Å². The van der Waals surface area contributed by atoms with Crippen LogP contribution in [0.4, 0.5) is 36.4 Å². The first kappa shape index (κ1) is 27.0. The van der Waals surface area contributed by atoms with Crippen molar-refractivity contribution in [1.82, 2.24) is 0 Å². The van der Waals surface area contributed by atoms with Crippen LogP contribution in [-0.2, 0) is 24.4 Å². The van der Waals surface area contributed by atoms with Crippen LogP contribution in [0.1, 0.15) is 42.5 Å². The van der Waals surface area contributed by atoms with Crippen LogP contribution in [0, 0.1) is 15.9 Å². The van der Waals surface area contributed by atoms with Crippen LogP contribution >= 0.6 is 11.6 Å². The number of halogens is 8. The van der Waals surface area contributed by atoms with Crippen LogP contribution in [0.15, 0.2) is 24.3 Å². The van der Waals surface area contributed by atoms with Crippen LogP contribution in [0.3, 0.4) is 0 Å². The summed E-state index contributed by atoms with van der Waals surface area (Å²) in [7, 11) is 0. The summed E-state index contributed by atoms with van der Waals surface area (Å²) in [6.45, 7) is 2.66. The molecule has 5 nitrogen and oxygen atoms in total. The largest absolute Gasteiger partial charge is 0.493 e. The number of hydrogen-bond donors (Lipinski definition) is 1. The number of fused-ring (bicyclic) bond motifs is 1. The van der Waals surface area contributed by atoms with E-state index in [9.17, 15) is 46.0 Å². The maximum absolute atomic E-state index is 14.5. The molecule has 35 heavy (non-hydrogen) atoms. The Bertz CT molecular complexity index is 1160. The van der Waals surface area contributed by atoms with Crippen molar-refractivity contribution in [2.75, 3.05) is 6.61 Å². The zero-order valence-electron chi connectivity index (χ0n) is 18.3. The number of nitrogens with zero attached hydrogens (tertiary/aromatic N) is 1. The van der Waals surface area contributed by atoms with Crippen molar-refractivity contribution in [2.24, 2.45) is 0 Å². The lowest BCUT2D eigenvalue weighted by molar-refractivity contribution is -0.385. The molecule has 0 saturated heterocycles. The number of benzene rings is 2. The molecule has 2 aromatic rings. The fraction of sp³-hybridized carbons (Fsp3) is 0.455. The smallest absolute Gasteiger partial charge is 0.417 e. The first-order valence-corrected chi connectivity index (χ1v) is 10.5. The normalized spacial score (nSPS) is 16.0. The van der Waals surface area contributed by atoms with Crippen LogP contribution in [0.2, 0.25) is 5.02 Å². The minimum absolute atomic E-state index is 0.00409. The van der Waals surface area contributed by atoms with E-state index in [2.05, 4.69) is 0 Å². The van der Waals surface area contributed by atoms with Gasteiger partial charge in [0.2, 0.25) is 0 Å². The summed E-state index contributed by atoms with van der Waals surface area (Å²) >= 11 is 5.49. The van der Waals surface area contributed by atoms with E-state index in [1.165, 1.54) is 19.9 Å². The average Bonchev–Trinajstić information content (AvgIpc) is 3.17. The van der Waals surface area contributed by atoms with Gasteiger partial charge in [-0.3, -0.25) is 10.1 Å². The number of alkyl halides is 6. The Morgan fingerprint density at radius 1 is 1.11 bits per heavy atom. The number of nitro benzene ring substituents is 1. The average molecular weight is 530 g/mol. The summed E-state index contributed by atoms with van der Waals surface area (Å²) in [6, 6.07) is 2.67. The Balaban J connectivity index is 2.10. The molecule has 1 aliphatic heterocycles. The van der Waals surface area contributed by atoms with E-state index in [0.717, 1.165) is 6.07 Å². The van der Waals surface area contributed by atoms with Crippen molar-refractivity contribution in [3.8, 4) is 5.75 Å². The van der Waals surface area contributed by atoms with Crippen molar-refractivity contribution >= 4 is 17.3 Å². The molecule has 1 heterocycles. The molecule has 1 N–H and O–H groups in total. The minimum Gasteiger partial charge on any atom is -0.493 e.